The van der Waals surface area contributed by atoms with Crippen molar-refractivity contribution in [1.29, 1.82) is 0 Å². The number of benzene rings is 1. The summed E-state index contributed by atoms with van der Waals surface area (Å²) in [5, 5.41) is 0.952. The van der Waals surface area contributed by atoms with Crippen LogP contribution in [-0.4, -0.2) is 11.1 Å². The van der Waals surface area contributed by atoms with Crippen LogP contribution in [0.5, 0.6) is 5.75 Å². The first-order valence-electron chi connectivity index (χ1n) is 5.12. The first kappa shape index (κ1) is 11.0. The number of hydrogen-bond acceptors (Lipinski definition) is 2. The molecule has 0 atom stereocenters. The number of ether oxygens (including phenoxy) is 2. The molecule has 2 nitrogen and oxygen atoms in total. The molecule has 3 heteroatoms. The van der Waals surface area contributed by atoms with Crippen LogP contribution in [0, 0.1) is 0 Å². The van der Waals surface area contributed by atoms with Gasteiger partial charge in [0, 0.05) is 24.7 Å². The van der Waals surface area contributed by atoms with Crippen molar-refractivity contribution in [3.63, 3.8) is 0 Å². The Kier molecular flexibility index (Phi) is 3.03. The van der Waals surface area contributed by atoms with E-state index in [0.717, 1.165) is 23.1 Å². The topological polar surface area (TPSA) is 18.5 Å². The van der Waals surface area contributed by atoms with Gasteiger partial charge in [0.2, 0.25) is 5.79 Å². The van der Waals surface area contributed by atoms with Crippen LogP contribution < -0.4 is 4.74 Å². The summed E-state index contributed by atoms with van der Waals surface area (Å²) in [4.78, 5) is 0. The Morgan fingerprint density at radius 1 is 1.40 bits per heavy atom. The molecule has 0 fully saturated rings. The van der Waals surface area contributed by atoms with Gasteiger partial charge in [-0.3, -0.25) is 0 Å². The molecule has 0 aliphatic carbocycles. The standard InChI is InChI=1S/C12H15BrO2/c1-12(2)14-8-10-5-3-4-9(6-7-13)11(10)15-12/h3-5H,6-8H2,1-2H3. The van der Waals surface area contributed by atoms with Crippen LogP contribution in [0.3, 0.4) is 0 Å². The zero-order valence-corrected chi connectivity index (χ0v) is 10.6. The molecule has 0 saturated carbocycles. The first-order valence-corrected chi connectivity index (χ1v) is 6.24. The van der Waals surface area contributed by atoms with Gasteiger partial charge in [0.1, 0.15) is 5.75 Å². The molecule has 1 aromatic carbocycles. The molecule has 82 valence electrons. The summed E-state index contributed by atoms with van der Waals surface area (Å²) in [6, 6.07) is 6.23. The lowest BCUT2D eigenvalue weighted by molar-refractivity contribution is -0.180. The Bertz CT molecular complexity index is 361. The van der Waals surface area contributed by atoms with Crippen molar-refractivity contribution < 1.29 is 9.47 Å². The predicted molar refractivity (Wildman–Crippen MR) is 63.4 cm³/mol. The maximum atomic E-state index is 5.86. The Labute approximate surface area is 98.7 Å². The van der Waals surface area contributed by atoms with Gasteiger partial charge in [-0.25, -0.2) is 0 Å². The highest BCUT2D eigenvalue weighted by Crippen LogP contribution is 2.34. The molecule has 1 heterocycles. The number of para-hydroxylation sites is 1. The van der Waals surface area contributed by atoms with Gasteiger partial charge < -0.3 is 9.47 Å². The van der Waals surface area contributed by atoms with E-state index in [2.05, 4.69) is 34.1 Å². The molecule has 1 aliphatic heterocycles. The summed E-state index contributed by atoms with van der Waals surface area (Å²) >= 11 is 3.46. The van der Waals surface area contributed by atoms with E-state index in [1.165, 1.54) is 5.56 Å². The zero-order valence-electron chi connectivity index (χ0n) is 9.05. The summed E-state index contributed by atoms with van der Waals surface area (Å²) in [5.41, 5.74) is 2.40. The van der Waals surface area contributed by atoms with Gasteiger partial charge in [0.05, 0.1) is 6.61 Å². The summed E-state index contributed by atoms with van der Waals surface area (Å²) < 4.78 is 11.5. The SMILES string of the molecule is CC1(C)OCc2cccc(CCBr)c2O1. The number of rotatable bonds is 2. The van der Waals surface area contributed by atoms with Crippen molar-refractivity contribution in [2.24, 2.45) is 0 Å². The Morgan fingerprint density at radius 2 is 2.20 bits per heavy atom. The van der Waals surface area contributed by atoms with Gasteiger partial charge >= 0.3 is 0 Å². The second-order valence-electron chi connectivity index (χ2n) is 4.13. The van der Waals surface area contributed by atoms with Crippen molar-refractivity contribution in [1.82, 2.24) is 0 Å². The van der Waals surface area contributed by atoms with E-state index >= 15 is 0 Å². The summed E-state index contributed by atoms with van der Waals surface area (Å²) in [5.74, 6) is 0.503. The van der Waals surface area contributed by atoms with Crippen LogP contribution in [0.2, 0.25) is 0 Å². The van der Waals surface area contributed by atoms with E-state index in [4.69, 9.17) is 9.47 Å². The second-order valence-corrected chi connectivity index (χ2v) is 4.93. The number of hydrogen-bond donors (Lipinski definition) is 0. The normalized spacial score (nSPS) is 18.1. The van der Waals surface area contributed by atoms with Crippen molar-refractivity contribution >= 4 is 15.9 Å². The fourth-order valence-electron chi connectivity index (χ4n) is 1.71. The maximum absolute atomic E-state index is 5.86. The molecule has 1 aliphatic rings. The smallest absolute Gasteiger partial charge is 0.205 e. The fourth-order valence-corrected chi connectivity index (χ4v) is 2.14. The predicted octanol–water partition coefficient (Wildman–Crippen LogP) is 3.27. The van der Waals surface area contributed by atoms with E-state index in [0.29, 0.717) is 6.61 Å². The van der Waals surface area contributed by atoms with Crippen LogP contribution in [0.25, 0.3) is 0 Å². The first-order chi connectivity index (χ1) is 7.12. The molecule has 2 rings (SSSR count). The molecular weight excluding hydrogens is 256 g/mol. The minimum Gasteiger partial charge on any atom is -0.462 e. The molecule has 0 aromatic heterocycles. The highest BCUT2D eigenvalue weighted by Gasteiger charge is 2.28. The average molecular weight is 271 g/mol. The van der Waals surface area contributed by atoms with Gasteiger partial charge in [-0.1, -0.05) is 34.1 Å². The van der Waals surface area contributed by atoms with E-state index in [1.54, 1.807) is 0 Å². The van der Waals surface area contributed by atoms with Crippen LogP contribution in [0.15, 0.2) is 18.2 Å². The van der Waals surface area contributed by atoms with E-state index in [9.17, 15) is 0 Å². The molecule has 0 radical (unpaired) electrons. The van der Waals surface area contributed by atoms with Gasteiger partial charge in [0.15, 0.2) is 0 Å². The van der Waals surface area contributed by atoms with Gasteiger partial charge in [0.25, 0.3) is 0 Å². The zero-order chi connectivity index (χ0) is 10.9. The van der Waals surface area contributed by atoms with Crippen molar-refractivity contribution in [3.05, 3.63) is 29.3 Å². The monoisotopic (exact) mass is 270 g/mol. The molecule has 15 heavy (non-hydrogen) atoms. The molecular formula is C12H15BrO2. The van der Waals surface area contributed by atoms with Crippen LogP contribution in [0.1, 0.15) is 25.0 Å². The van der Waals surface area contributed by atoms with Crippen LogP contribution in [-0.2, 0) is 17.8 Å². The molecule has 1 aromatic rings. The quantitative estimate of drug-likeness (QED) is 0.768. The number of alkyl halides is 1. The highest BCUT2D eigenvalue weighted by atomic mass is 79.9. The van der Waals surface area contributed by atoms with Crippen molar-refractivity contribution in [3.8, 4) is 5.75 Å². The largest absolute Gasteiger partial charge is 0.462 e. The third-order valence-electron chi connectivity index (χ3n) is 2.47. The fraction of sp³-hybridized carbons (Fsp3) is 0.500. The number of fused-ring (bicyclic) bond motifs is 1. The Balaban J connectivity index is 2.36. The Morgan fingerprint density at radius 3 is 2.93 bits per heavy atom. The van der Waals surface area contributed by atoms with Crippen LogP contribution in [0.4, 0.5) is 0 Å². The van der Waals surface area contributed by atoms with Crippen LogP contribution >= 0.6 is 15.9 Å². The molecule has 0 N–H and O–H groups in total. The lowest BCUT2D eigenvalue weighted by Crippen LogP contribution is -2.35. The molecule has 0 unspecified atom stereocenters. The minimum absolute atomic E-state index is 0.505. The van der Waals surface area contributed by atoms with Crippen molar-refractivity contribution in [2.45, 2.75) is 32.7 Å². The Hall–Kier alpha value is -0.540. The van der Waals surface area contributed by atoms with E-state index in [-0.39, 0.29) is 0 Å². The van der Waals surface area contributed by atoms with Gasteiger partial charge in [-0.05, 0) is 12.0 Å². The lowest BCUT2D eigenvalue weighted by Gasteiger charge is -2.33. The summed E-state index contributed by atoms with van der Waals surface area (Å²) in [6.07, 6.45) is 0.985. The summed E-state index contributed by atoms with van der Waals surface area (Å²) in [6.45, 7) is 4.53. The van der Waals surface area contributed by atoms with Gasteiger partial charge in [-0.15, -0.1) is 0 Å². The lowest BCUT2D eigenvalue weighted by atomic mass is 10.1. The molecule has 0 amide bonds. The third kappa shape index (κ3) is 2.34. The van der Waals surface area contributed by atoms with Crippen molar-refractivity contribution in [2.75, 3.05) is 5.33 Å². The average Bonchev–Trinajstić information content (AvgIpc) is 2.18. The van der Waals surface area contributed by atoms with E-state index in [1.807, 2.05) is 13.8 Å². The molecule has 0 spiro atoms. The minimum atomic E-state index is -0.505. The second kappa shape index (κ2) is 4.14. The number of halogens is 1. The third-order valence-corrected chi connectivity index (χ3v) is 2.86. The van der Waals surface area contributed by atoms with Gasteiger partial charge in [-0.2, -0.15) is 0 Å². The number of aryl methyl sites for hydroxylation is 1. The molecule has 0 saturated heterocycles. The summed E-state index contributed by atoms with van der Waals surface area (Å²) in [7, 11) is 0. The maximum Gasteiger partial charge on any atom is 0.205 e. The highest BCUT2D eigenvalue weighted by molar-refractivity contribution is 9.09. The molecule has 0 bridgehead atoms. The van der Waals surface area contributed by atoms with E-state index < -0.39 is 5.79 Å².